The molecule has 0 amide bonds. The number of nitrogens with two attached hydrogens (primary N) is 1. The summed E-state index contributed by atoms with van der Waals surface area (Å²) in [6, 6.07) is 3.32. The van der Waals surface area contributed by atoms with E-state index in [2.05, 4.69) is 0 Å². The third-order valence-electron chi connectivity index (χ3n) is 6.09. The van der Waals surface area contributed by atoms with Crippen molar-refractivity contribution in [2.45, 2.75) is 92.4 Å². The van der Waals surface area contributed by atoms with Crippen molar-refractivity contribution in [3.8, 4) is 11.5 Å². The normalized spacial score (nSPS) is 14.7. The summed E-state index contributed by atoms with van der Waals surface area (Å²) in [7, 11) is 0. The predicted octanol–water partition coefficient (Wildman–Crippen LogP) is 4.95. The maximum absolute atomic E-state index is 12.5. The molecule has 39 heavy (non-hydrogen) atoms. The molecule has 0 aliphatic heterocycles. The highest BCUT2D eigenvalue weighted by molar-refractivity contribution is 5.76. The largest absolute Gasteiger partial charge is 0.513 e. The third kappa shape index (κ3) is 12.8. The van der Waals surface area contributed by atoms with Crippen molar-refractivity contribution in [2.24, 2.45) is 17.6 Å². The van der Waals surface area contributed by atoms with Gasteiger partial charge >= 0.3 is 24.2 Å². The molecule has 1 aromatic carbocycles. The molecule has 0 spiro atoms. The van der Waals surface area contributed by atoms with Gasteiger partial charge in [-0.3, -0.25) is 9.59 Å². The van der Waals surface area contributed by atoms with Crippen LogP contribution in [0.4, 0.5) is 9.59 Å². The summed E-state index contributed by atoms with van der Waals surface area (Å²) in [5.41, 5.74) is 6.55. The first kappa shape index (κ1) is 33.7. The van der Waals surface area contributed by atoms with Crippen LogP contribution in [0.1, 0.15) is 73.3 Å². The number of hydrogen-bond acceptors (Lipinski definition) is 11. The van der Waals surface area contributed by atoms with Gasteiger partial charge in [0.25, 0.3) is 0 Å². The van der Waals surface area contributed by atoms with Crippen LogP contribution in [-0.2, 0) is 35.0 Å². The molecule has 0 bridgehead atoms. The molecule has 1 aromatic rings. The molecule has 0 fully saturated rings. The summed E-state index contributed by atoms with van der Waals surface area (Å²) in [5, 5.41) is 0. The Morgan fingerprint density at radius 3 is 1.79 bits per heavy atom. The molecule has 0 aromatic heterocycles. The molecule has 0 heterocycles. The van der Waals surface area contributed by atoms with Crippen LogP contribution in [0.15, 0.2) is 18.2 Å². The first-order valence-corrected chi connectivity index (χ1v) is 13.4. The SMILES string of the molecule is CCC(=O)O[C@@H](C)[C@H](C)OC(=O)[C@@H](N)Cc1ccc(OC(=O)OCC(C)CC)c(OC(=O)OCC(C)CC)c1. The fourth-order valence-electron chi connectivity index (χ4n) is 2.83. The van der Waals surface area contributed by atoms with Gasteiger partial charge in [0.15, 0.2) is 11.5 Å². The minimum absolute atomic E-state index is 0.0195. The maximum atomic E-state index is 12.5. The quantitative estimate of drug-likeness (QED) is 0.178. The Morgan fingerprint density at radius 1 is 0.769 bits per heavy atom. The second-order valence-electron chi connectivity index (χ2n) is 9.64. The zero-order valence-electron chi connectivity index (χ0n) is 24.0. The van der Waals surface area contributed by atoms with Gasteiger partial charge < -0.3 is 34.2 Å². The molecule has 2 N–H and O–H groups in total. The van der Waals surface area contributed by atoms with Gasteiger partial charge in [0.1, 0.15) is 18.2 Å². The molecule has 0 saturated heterocycles. The van der Waals surface area contributed by atoms with Crippen LogP contribution in [-0.4, -0.2) is 55.7 Å². The Kier molecular flexibility index (Phi) is 14.9. The highest BCUT2D eigenvalue weighted by atomic mass is 16.7. The molecule has 1 rings (SSSR count). The Bertz CT molecular complexity index is 950. The summed E-state index contributed by atoms with van der Waals surface area (Å²) in [6.45, 7) is 13.0. The molecule has 2 unspecified atom stereocenters. The van der Waals surface area contributed by atoms with Crippen LogP contribution in [0.5, 0.6) is 11.5 Å². The van der Waals surface area contributed by atoms with Crippen molar-refractivity contribution in [2.75, 3.05) is 13.2 Å². The summed E-state index contributed by atoms with van der Waals surface area (Å²) in [4.78, 5) is 48.5. The Morgan fingerprint density at radius 2 is 1.28 bits per heavy atom. The number of ether oxygens (including phenoxy) is 6. The van der Waals surface area contributed by atoms with Gasteiger partial charge in [-0.15, -0.1) is 0 Å². The number of benzene rings is 1. The first-order chi connectivity index (χ1) is 18.4. The van der Waals surface area contributed by atoms with E-state index < -0.39 is 42.5 Å². The molecule has 11 nitrogen and oxygen atoms in total. The van der Waals surface area contributed by atoms with Crippen LogP contribution >= 0.6 is 0 Å². The van der Waals surface area contributed by atoms with E-state index in [-0.39, 0.29) is 49.4 Å². The molecule has 0 aliphatic rings. The first-order valence-electron chi connectivity index (χ1n) is 13.4. The minimum atomic E-state index is -1.07. The average Bonchev–Trinajstić information content (AvgIpc) is 2.91. The van der Waals surface area contributed by atoms with Gasteiger partial charge in [-0.2, -0.15) is 0 Å². The van der Waals surface area contributed by atoms with E-state index in [1.165, 1.54) is 12.1 Å². The van der Waals surface area contributed by atoms with E-state index in [1.54, 1.807) is 26.8 Å². The lowest BCUT2D eigenvalue weighted by Crippen LogP contribution is -2.39. The van der Waals surface area contributed by atoms with E-state index in [9.17, 15) is 19.2 Å². The molecule has 5 atom stereocenters. The standard InChI is InChI=1S/C28H43NO10/c1-8-17(4)15-34-27(32)38-23-12-11-21(14-24(23)39-28(33)35-16-18(5)9-2)13-22(29)26(31)37-20(7)19(6)36-25(30)10-3/h11-12,14,17-20,22H,8-10,13,15-16,29H2,1-7H3/t17?,18?,19-,20-,22-/m0/s1. The lowest BCUT2D eigenvalue weighted by molar-refractivity contribution is -0.166. The van der Waals surface area contributed by atoms with Crippen molar-refractivity contribution in [3.05, 3.63) is 23.8 Å². The third-order valence-corrected chi connectivity index (χ3v) is 6.09. The summed E-state index contributed by atoms with van der Waals surface area (Å²) < 4.78 is 31.4. The van der Waals surface area contributed by atoms with Crippen molar-refractivity contribution in [1.29, 1.82) is 0 Å². The fraction of sp³-hybridized carbons (Fsp3) is 0.643. The molecular weight excluding hydrogens is 510 g/mol. The summed E-state index contributed by atoms with van der Waals surface area (Å²) in [5.74, 6) is -0.991. The Labute approximate surface area is 230 Å². The van der Waals surface area contributed by atoms with E-state index >= 15 is 0 Å². The maximum Gasteiger partial charge on any atom is 0.513 e. The fourth-order valence-corrected chi connectivity index (χ4v) is 2.83. The summed E-state index contributed by atoms with van der Waals surface area (Å²) in [6.07, 6.45) is -1.43. The van der Waals surface area contributed by atoms with Gasteiger partial charge in [-0.25, -0.2) is 9.59 Å². The predicted molar refractivity (Wildman–Crippen MR) is 142 cm³/mol. The highest BCUT2D eigenvalue weighted by Gasteiger charge is 2.25. The van der Waals surface area contributed by atoms with Crippen LogP contribution in [0.2, 0.25) is 0 Å². The number of carbonyl (C=O) groups excluding carboxylic acids is 4. The monoisotopic (exact) mass is 553 g/mol. The second-order valence-corrected chi connectivity index (χ2v) is 9.64. The number of hydrogen-bond donors (Lipinski definition) is 1. The van der Waals surface area contributed by atoms with E-state index in [0.29, 0.717) is 5.56 Å². The average molecular weight is 554 g/mol. The lowest BCUT2D eigenvalue weighted by Gasteiger charge is -2.22. The van der Waals surface area contributed by atoms with Crippen molar-refractivity contribution in [1.82, 2.24) is 0 Å². The highest BCUT2D eigenvalue weighted by Crippen LogP contribution is 2.30. The molecule has 0 aliphatic carbocycles. The van der Waals surface area contributed by atoms with E-state index in [1.807, 2.05) is 27.7 Å². The van der Waals surface area contributed by atoms with Gasteiger partial charge in [0, 0.05) is 6.42 Å². The van der Waals surface area contributed by atoms with Gasteiger partial charge in [0.05, 0.1) is 13.2 Å². The van der Waals surface area contributed by atoms with E-state index in [4.69, 9.17) is 34.2 Å². The van der Waals surface area contributed by atoms with Crippen LogP contribution < -0.4 is 15.2 Å². The van der Waals surface area contributed by atoms with Crippen molar-refractivity contribution >= 4 is 24.2 Å². The topological polar surface area (TPSA) is 150 Å². The summed E-state index contributed by atoms with van der Waals surface area (Å²) >= 11 is 0. The number of carbonyl (C=O) groups is 4. The van der Waals surface area contributed by atoms with Gasteiger partial charge in [0.2, 0.25) is 0 Å². The molecule has 220 valence electrons. The number of rotatable bonds is 15. The van der Waals surface area contributed by atoms with Gasteiger partial charge in [-0.1, -0.05) is 53.5 Å². The second kappa shape index (κ2) is 17.3. The minimum Gasteiger partial charge on any atom is -0.459 e. The molecular formula is C28H43NO10. The zero-order chi connectivity index (χ0) is 29.5. The van der Waals surface area contributed by atoms with Crippen LogP contribution in [0.3, 0.4) is 0 Å². The lowest BCUT2D eigenvalue weighted by atomic mass is 10.1. The van der Waals surface area contributed by atoms with Crippen molar-refractivity contribution < 1.29 is 47.6 Å². The Hall–Kier alpha value is -3.34. The molecule has 0 radical (unpaired) electrons. The van der Waals surface area contributed by atoms with E-state index in [0.717, 1.165) is 12.8 Å². The van der Waals surface area contributed by atoms with Gasteiger partial charge in [-0.05, 0) is 49.8 Å². The number of esters is 2. The smallest absolute Gasteiger partial charge is 0.459 e. The molecule has 11 heteroatoms. The molecule has 0 saturated carbocycles. The Balaban J connectivity index is 2.97. The van der Waals surface area contributed by atoms with Crippen LogP contribution in [0, 0.1) is 11.8 Å². The van der Waals surface area contributed by atoms with Crippen LogP contribution in [0.25, 0.3) is 0 Å². The zero-order valence-corrected chi connectivity index (χ0v) is 24.0. The van der Waals surface area contributed by atoms with Crippen molar-refractivity contribution in [3.63, 3.8) is 0 Å².